The van der Waals surface area contributed by atoms with Crippen molar-refractivity contribution in [2.24, 2.45) is 0 Å². The fourth-order valence-corrected chi connectivity index (χ4v) is 9.04. The second-order valence-corrected chi connectivity index (χ2v) is 15.4. The van der Waals surface area contributed by atoms with E-state index in [-0.39, 0.29) is 35.4 Å². The molecule has 0 aliphatic rings. The molecule has 2 heterocycles. The van der Waals surface area contributed by atoms with Crippen molar-refractivity contribution in [2.75, 3.05) is 4.90 Å². The maximum absolute atomic E-state index is 9.73. The topological polar surface area (TPSA) is 21.3 Å². The van der Waals surface area contributed by atoms with E-state index >= 15 is 0 Å². The van der Waals surface area contributed by atoms with Gasteiger partial charge in [-0.2, -0.15) is 0 Å². The number of nitrogens with zero attached hydrogens (tertiary/aromatic N) is 2. The maximum atomic E-state index is 9.73. The Hall–Kier alpha value is -8.14. The zero-order chi connectivity index (χ0) is 43.8. The molecule has 0 amide bonds. The van der Waals surface area contributed by atoms with E-state index in [1.165, 1.54) is 0 Å². The van der Waals surface area contributed by atoms with Gasteiger partial charge >= 0.3 is 0 Å². The van der Waals surface area contributed by atoms with Crippen molar-refractivity contribution in [3.63, 3.8) is 0 Å². The van der Waals surface area contributed by atoms with Gasteiger partial charge in [-0.15, -0.1) is 0 Å². The average Bonchev–Trinajstić information content (AvgIpc) is 3.92. The van der Waals surface area contributed by atoms with Gasteiger partial charge in [0.15, 0.2) is 0 Å². The zero-order valence-electron chi connectivity index (χ0n) is 36.9. The number of hydrogen-bond acceptors (Lipinski definition) is 2. The quantitative estimate of drug-likeness (QED) is 0.161. The lowest BCUT2D eigenvalue weighted by atomic mass is 9.98. The highest BCUT2D eigenvalue weighted by atomic mass is 16.3. The lowest BCUT2D eigenvalue weighted by molar-refractivity contribution is 0.672. The Balaban J connectivity index is 1.06. The van der Waals surface area contributed by atoms with Crippen molar-refractivity contribution in [1.29, 1.82) is 0 Å². The molecule has 0 aliphatic heterocycles. The number of furan rings is 1. The largest absolute Gasteiger partial charge is 0.455 e. The van der Waals surface area contributed by atoms with Gasteiger partial charge in [-0.25, -0.2) is 0 Å². The molecule has 12 rings (SSSR count). The number of rotatable bonds is 7. The van der Waals surface area contributed by atoms with E-state index in [1.807, 2.05) is 108 Å². The Morgan fingerprint density at radius 1 is 0.393 bits per heavy atom. The van der Waals surface area contributed by atoms with E-state index in [4.69, 9.17) is 4.42 Å². The predicted octanol–water partition coefficient (Wildman–Crippen LogP) is 16.3. The summed E-state index contributed by atoms with van der Waals surface area (Å²) in [5.74, 6) is 0. The van der Waals surface area contributed by atoms with Crippen LogP contribution in [0.4, 0.5) is 17.1 Å². The number of anilines is 3. The highest BCUT2D eigenvalue weighted by molar-refractivity contribution is 6.20. The lowest BCUT2D eigenvalue weighted by Crippen LogP contribution is -2.10. The van der Waals surface area contributed by atoms with Crippen molar-refractivity contribution in [1.82, 2.24) is 4.57 Å². The van der Waals surface area contributed by atoms with Gasteiger partial charge in [0.1, 0.15) is 11.2 Å². The summed E-state index contributed by atoms with van der Waals surface area (Å²) in [6.45, 7) is 0. The van der Waals surface area contributed by atoms with E-state index in [0.717, 1.165) is 76.9 Å². The first-order chi connectivity index (χ1) is 31.9. The molecule has 12 aromatic rings. The molecule has 0 N–H and O–H groups in total. The van der Waals surface area contributed by atoms with Crippen LogP contribution >= 0.6 is 0 Å². The molecule has 3 heteroatoms. The third-order valence-electron chi connectivity index (χ3n) is 11.9. The fourth-order valence-electron chi connectivity index (χ4n) is 9.04. The van der Waals surface area contributed by atoms with Gasteiger partial charge in [0.25, 0.3) is 0 Å². The molecular formula is C58H38N2O. The molecular weight excluding hydrogens is 741 g/mol. The summed E-state index contributed by atoms with van der Waals surface area (Å²) >= 11 is 0. The molecule has 0 radical (unpaired) electrons. The number of benzene rings is 10. The van der Waals surface area contributed by atoms with Crippen LogP contribution in [0.5, 0.6) is 0 Å². The van der Waals surface area contributed by atoms with Crippen molar-refractivity contribution < 1.29 is 9.90 Å². The smallest absolute Gasteiger partial charge is 0.143 e. The van der Waals surface area contributed by atoms with Gasteiger partial charge in [-0.3, -0.25) is 0 Å². The molecule has 0 atom stereocenters. The molecule has 0 fully saturated rings. The van der Waals surface area contributed by atoms with Crippen LogP contribution in [0.2, 0.25) is 0 Å². The van der Waals surface area contributed by atoms with Crippen molar-refractivity contribution in [3.05, 3.63) is 230 Å². The van der Waals surface area contributed by atoms with Crippen molar-refractivity contribution in [2.45, 2.75) is 0 Å². The first kappa shape index (κ1) is 30.9. The molecule has 61 heavy (non-hydrogen) atoms. The number of para-hydroxylation sites is 2. The molecule has 0 saturated heterocycles. The Bertz CT molecular complexity index is 3770. The summed E-state index contributed by atoms with van der Waals surface area (Å²) in [7, 11) is 0. The molecule has 0 spiro atoms. The summed E-state index contributed by atoms with van der Waals surface area (Å²) in [5.41, 5.74) is 11.2. The van der Waals surface area contributed by atoms with Gasteiger partial charge in [0.2, 0.25) is 0 Å². The van der Waals surface area contributed by atoms with Crippen molar-refractivity contribution >= 4 is 71.6 Å². The summed E-state index contributed by atoms with van der Waals surface area (Å²) in [5, 5.41) is 6.04. The van der Waals surface area contributed by atoms with Crippen molar-refractivity contribution in [3.8, 4) is 39.1 Å². The van der Waals surface area contributed by atoms with Crippen LogP contribution in [0, 0.1) is 0 Å². The van der Waals surface area contributed by atoms with Crippen LogP contribution < -0.4 is 4.90 Å². The standard InChI is InChI=1S/C58H38N2O/c1-3-13-39(14-4-1)40-25-27-41(28-26-40)42-29-34-46(35-30-42)59(54-23-12-24-55-57(54)51-38-33-43-15-7-8-18-49(43)58(51)61-55)47-36-31-44(32-37-47)48-20-11-22-53-56(48)50-19-9-10-21-52(50)60(53)45-16-5-2-6-17-45/h1-38H/i29D,30D,34D,35D. The Labute approximate surface area is 359 Å². The molecule has 0 aliphatic carbocycles. The second kappa shape index (κ2) is 14.3. The molecule has 3 nitrogen and oxygen atoms in total. The number of hydrogen-bond donors (Lipinski definition) is 0. The molecule has 0 unspecified atom stereocenters. The van der Waals surface area contributed by atoms with Crippen LogP contribution in [0.25, 0.3) is 93.6 Å². The minimum atomic E-state index is -0.147. The molecule has 0 saturated carbocycles. The summed E-state index contributed by atoms with van der Waals surface area (Å²) in [6.07, 6.45) is 0. The summed E-state index contributed by atoms with van der Waals surface area (Å²) in [4.78, 5) is 1.88. The van der Waals surface area contributed by atoms with Gasteiger partial charge < -0.3 is 13.9 Å². The lowest BCUT2D eigenvalue weighted by Gasteiger charge is -2.26. The first-order valence-corrected chi connectivity index (χ1v) is 20.5. The summed E-state index contributed by atoms with van der Waals surface area (Å²) in [6, 6.07) is 68.9. The zero-order valence-corrected chi connectivity index (χ0v) is 32.9. The summed E-state index contributed by atoms with van der Waals surface area (Å²) < 4.78 is 47.5. The van der Waals surface area contributed by atoms with Crippen LogP contribution in [-0.4, -0.2) is 4.57 Å². The highest BCUT2D eigenvalue weighted by Gasteiger charge is 2.22. The van der Waals surface area contributed by atoms with E-state index in [2.05, 4.69) is 108 Å². The first-order valence-electron chi connectivity index (χ1n) is 22.5. The second-order valence-electron chi connectivity index (χ2n) is 15.4. The van der Waals surface area contributed by atoms with Gasteiger partial charge in [0.05, 0.1) is 27.6 Å². The van der Waals surface area contributed by atoms with Crippen LogP contribution in [0.15, 0.2) is 235 Å². The molecule has 286 valence electrons. The predicted molar refractivity (Wildman–Crippen MR) is 257 cm³/mol. The minimum Gasteiger partial charge on any atom is -0.455 e. The van der Waals surface area contributed by atoms with Crippen LogP contribution in [-0.2, 0) is 0 Å². The maximum Gasteiger partial charge on any atom is 0.143 e. The normalized spacial score (nSPS) is 12.5. The number of aromatic nitrogens is 1. The third kappa shape index (κ3) is 5.82. The van der Waals surface area contributed by atoms with Gasteiger partial charge in [0, 0.05) is 38.6 Å². The van der Waals surface area contributed by atoms with E-state index in [1.54, 1.807) is 0 Å². The SMILES string of the molecule is [2H]c1c([2H])c(N(c2ccc(-c3cccc4c3c3ccccc3n4-c3ccccc3)cc2)c2cccc3oc4c5ccccc5ccc4c23)c([2H])c([2H])c1-c1ccc(-c2ccccc2)cc1. The Morgan fingerprint density at radius 3 is 1.80 bits per heavy atom. The highest BCUT2D eigenvalue weighted by Crippen LogP contribution is 2.46. The number of fused-ring (bicyclic) bond motifs is 8. The van der Waals surface area contributed by atoms with E-state index < -0.39 is 0 Å². The average molecular weight is 783 g/mol. The molecule has 0 bridgehead atoms. The van der Waals surface area contributed by atoms with Gasteiger partial charge in [-0.1, -0.05) is 164 Å². The van der Waals surface area contributed by atoms with Crippen LogP contribution in [0.1, 0.15) is 5.48 Å². The minimum absolute atomic E-state index is 0.119. The van der Waals surface area contributed by atoms with Gasteiger partial charge in [-0.05, 0) is 105 Å². The molecule has 10 aromatic carbocycles. The molecule has 2 aromatic heterocycles. The van der Waals surface area contributed by atoms with Crippen LogP contribution in [0.3, 0.4) is 0 Å². The Kier molecular flexibility index (Phi) is 7.24. The van der Waals surface area contributed by atoms with E-state index in [9.17, 15) is 5.48 Å². The third-order valence-corrected chi connectivity index (χ3v) is 11.9. The van der Waals surface area contributed by atoms with E-state index in [0.29, 0.717) is 22.5 Å². The fraction of sp³-hybridized carbons (Fsp3) is 0. The Morgan fingerprint density at radius 2 is 1.02 bits per heavy atom. The monoisotopic (exact) mass is 782 g/mol.